The van der Waals surface area contributed by atoms with Gasteiger partial charge in [0.05, 0.1) is 12.5 Å². The molecule has 10 heavy (non-hydrogen) atoms. The molecule has 54 valence electrons. The van der Waals surface area contributed by atoms with Gasteiger partial charge in [0.1, 0.15) is 6.10 Å². The van der Waals surface area contributed by atoms with Crippen LogP contribution in [0.4, 0.5) is 0 Å². The Kier molecular flexibility index (Phi) is 1.87. The van der Waals surface area contributed by atoms with Gasteiger partial charge in [-0.1, -0.05) is 0 Å². The number of hydrogen-bond donors (Lipinski definition) is 1. The van der Waals surface area contributed by atoms with E-state index in [-0.39, 0.29) is 5.78 Å². The molecule has 1 aromatic heterocycles. The van der Waals surface area contributed by atoms with E-state index >= 15 is 0 Å². The summed E-state index contributed by atoms with van der Waals surface area (Å²) in [7, 11) is 0. The molecule has 1 atom stereocenters. The summed E-state index contributed by atoms with van der Waals surface area (Å²) in [4.78, 5) is 10.6. The molecule has 1 unspecified atom stereocenters. The van der Waals surface area contributed by atoms with Crippen LogP contribution in [0.25, 0.3) is 0 Å². The summed E-state index contributed by atoms with van der Waals surface area (Å²) in [6.07, 6.45) is 1.74. The van der Waals surface area contributed by atoms with Gasteiger partial charge in [-0.05, 0) is 13.0 Å². The van der Waals surface area contributed by atoms with E-state index in [0.717, 1.165) is 0 Å². The van der Waals surface area contributed by atoms with Crippen LogP contribution in [0.2, 0.25) is 0 Å². The van der Waals surface area contributed by atoms with Gasteiger partial charge in [0.15, 0.2) is 5.78 Å². The summed E-state index contributed by atoms with van der Waals surface area (Å²) in [6.45, 7) is 1.33. The number of Topliss-reactive ketones (excluding diaryl/α,β-unsaturated/α-hetero) is 1. The highest BCUT2D eigenvalue weighted by Gasteiger charge is 2.12. The second-order valence-electron chi connectivity index (χ2n) is 2.07. The van der Waals surface area contributed by atoms with E-state index in [1.807, 2.05) is 0 Å². The quantitative estimate of drug-likeness (QED) is 0.664. The van der Waals surface area contributed by atoms with Crippen molar-refractivity contribution in [2.45, 2.75) is 13.0 Å². The predicted octanol–water partition coefficient (Wildman–Crippen LogP) is 0.902. The molecule has 0 aliphatic rings. The average Bonchev–Trinajstić information content (AvgIpc) is 2.36. The first-order chi connectivity index (χ1) is 4.72. The summed E-state index contributed by atoms with van der Waals surface area (Å²) in [5.74, 6) is -0.276. The second-order valence-corrected chi connectivity index (χ2v) is 2.07. The SMILES string of the molecule is CC(=O)C(O)c1ccoc1. The molecule has 0 aliphatic carbocycles. The number of hydrogen-bond acceptors (Lipinski definition) is 3. The Morgan fingerprint density at radius 3 is 2.90 bits per heavy atom. The van der Waals surface area contributed by atoms with E-state index in [1.54, 1.807) is 6.07 Å². The maximum absolute atomic E-state index is 10.6. The third kappa shape index (κ3) is 1.25. The lowest BCUT2D eigenvalue weighted by molar-refractivity contribution is -0.125. The number of aliphatic hydroxyl groups excluding tert-OH is 1. The van der Waals surface area contributed by atoms with Gasteiger partial charge in [0.25, 0.3) is 0 Å². The van der Waals surface area contributed by atoms with Crippen LogP contribution in [0.5, 0.6) is 0 Å². The molecule has 1 rings (SSSR count). The van der Waals surface area contributed by atoms with Gasteiger partial charge in [-0.3, -0.25) is 4.79 Å². The Morgan fingerprint density at radius 2 is 2.50 bits per heavy atom. The summed E-state index contributed by atoms with van der Waals surface area (Å²) in [5.41, 5.74) is 0.507. The van der Waals surface area contributed by atoms with Gasteiger partial charge in [-0.2, -0.15) is 0 Å². The molecule has 3 nitrogen and oxygen atoms in total. The molecular weight excluding hydrogens is 132 g/mol. The van der Waals surface area contributed by atoms with Crippen molar-refractivity contribution in [2.75, 3.05) is 0 Å². The fraction of sp³-hybridized carbons (Fsp3) is 0.286. The van der Waals surface area contributed by atoms with Crippen LogP contribution < -0.4 is 0 Å². The lowest BCUT2D eigenvalue weighted by Gasteiger charge is -2.00. The van der Waals surface area contributed by atoms with Crippen molar-refractivity contribution in [3.05, 3.63) is 24.2 Å². The minimum absolute atomic E-state index is 0.276. The maximum atomic E-state index is 10.6. The average molecular weight is 140 g/mol. The molecule has 1 heterocycles. The minimum Gasteiger partial charge on any atom is -0.472 e. The van der Waals surface area contributed by atoms with Gasteiger partial charge >= 0.3 is 0 Å². The fourth-order valence-electron chi connectivity index (χ4n) is 0.665. The zero-order chi connectivity index (χ0) is 7.56. The largest absolute Gasteiger partial charge is 0.472 e. The van der Waals surface area contributed by atoms with Gasteiger partial charge in [-0.25, -0.2) is 0 Å². The van der Waals surface area contributed by atoms with Gasteiger partial charge < -0.3 is 9.52 Å². The molecule has 0 amide bonds. The van der Waals surface area contributed by atoms with E-state index in [2.05, 4.69) is 4.42 Å². The Bertz CT molecular complexity index is 213. The lowest BCUT2D eigenvalue weighted by Crippen LogP contribution is -2.05. The Morgan fingerprint density at radius 1 is 1.80 bits per heavy atom. The summed E-state index contributed by atoms with van der Waals surface area (Å²) in [5, 5.41) is 9.08. The molecule has 0 saturated carbocycles. The van der Waals surface area contributed by atoms with Crippen molar-refractivity contribution in [3.8, 4) is 0 Å². The Hall–Kier alpha value is -1.09. The smallest absolute Gasteiger partial charge is 0.162 e. The summed E-state index contributed by atoms with van der Waals surface area (Å²) < 4.78 is 4.67. The summed E-state index contributed by atoms with van der Waals surface area (Å²) in [6, 6.07) is 1.56. The zero-order valence-corrected chi connectivity index (χ0v) is 5.57. The van der Waals surface area contributed by atoms with E-state index in [0.29, 0.717) is 5.56 Å². The van der Waals surface area contributed by atoms with Crippen LogP contribution in [0.1, 0.15) is 18.6 Å². The molecule has 0 saturated heterocycles. The molecule has 0 radical (unpaired) electrons. The maximum Gasteiger partial charge on any atom is 0.162 e. The highest BCUT2D eigenvalue weighted by atomic mass is 16.3. The first kappa shape index (κ1) is 7.02. The van der Waals surface area contributed by atoms with E-state index in [9.17, 15) is 4.79 Å². The minimum atomic E-state index is -1.03. The summed E-state index contributed by atoms with van der Waals surface area (Å²) >= 11 is 0. The van der Waals surface area contributed by atoms with E-state index in [4.69, 9.17) is 5.11 Å². The predicted molar refractivity (Wildman–Crippen MR) is 34.3 cm³/mol. The van der Waals surface area contributed by atoms with Crippen LogP contribution in [0, 0.1) is 0 Å². The second kappa shape index (κ2) is 2.66. The molecule has 3 heteroatoms. The topological polar surface area (TPSA) is 50.4 Å². The molecule has 0 bridgehead atoms. The van der Waals surface area contributed by atoms with Crippen molar-refractivity contribution in [1.29, 1.82) is 0 Å². The van der Waals surface area contributed by atoms with Gasteiger partial charge in [-0.15, -0.1) is 0 Å². The lowest BCUT2D eigenvalue weighted by atomic mass is 10.1. The number of ketones is 1. The molecule has 0 fully saturated rings. The zero-order valence-electron chi connectivity index (χ0n) is 5.57. The van der Waals surface area contributed by atoms with Crippen LogP contribution in [0.3, 0.4) is 0 Å². The van der Waals surface area contributed by atoms with Crippen molar-refractivity contribution in [1.82, 2.24) is 0 Å². The van der Waals surface area contributed by atoms with Crippen LogP contribution in [0.15, 0.2) is 23.0 Å². The van der Waals surface area contributed by atoms with Crippen molar-refractivity contribution >= 4 is 5.78 Å². The van der Waals surface area contributed by atoms with Crippen molar-refractivity contribution in [3.63, 3.8) is 0 Å². The number of furan rings is 1. The number of carbonyl (C=O) groups excluding carboxylic acids is 1. The normalized spacial score (nSPS) is 13.0. The number of aliphatic hydroxyl groups is 1. The van der Waals surface area contributed by atoms with Crippen molar-refractivity contribution in [2.24, 2.45) is 0 Å². The van der Waals surface area contributed by atoms with Crippen LogP contribution in [-0.4, -0.2) is 10.9 Å². The molecule has 1 N–H and O–H groups in total. The third-order valence-electron chi connectivity index (χ3n) is 1.24. The Labute approximate surface area is 58.3 Å². The van der Waals surface area contributed by atoms with E-state index < -0.39 is 6.10 Å². The first-order valence-corrected chi connectivity index (χ1v) is 2.92. The van der Waals surface area contributed by atoms with E-state index in [1.165, 1.54) is 19.5 Å². The highest BCUT2D eigenvalue weighted by molar-refractivity contribution is 5.81. The standard InChI is InChI=1S/C7H8O3/c1-5(8)7(9)6-2-3-10-4-6/h2-4,7,9H,1H3. The molecule has 0 aromatic carbocycles. The number of carbonyl (C=O) groups is 1. The third-order valence-corrected chi connectivity index (χ3v) is 1.24. The van der Waals surface area contributed by atoms with Crippen LogP contribution in [-0.2, 0) is 4.79 Å². The molecule has 1 aromatic rings. The van der Waals surface area contributed by atoms with Gasteiger partial charge in [0.2, 0.25) is 0 Å². The molecule has 0 aliphatic heterocycles. The Balaban J connectivity index is 2.77. The van der Waals surface area contributed by atoms with Crippen LogP contribution >= 0.6 is 0 Å². The molecular formula is C7H8O3. The van der Waals surface area contributed by atoms with Crippen molar-refractivity contribution < 1.29 is 14.3 Å². The molecule has 0 spiro atoms. The fourth-order valence-corrected chi connectivity index (χ4v) is 0.665. The highest BCUT2D eigenvalue weighted by Crippen LogP contribution is 2.12. The first-order valence-electron chi connectivity index (χ1n) is 2.92. The monoisotopic (exact) mass is 140 g/mol. The van der Waals surface area contributed by atoms with Gasteiger partial charge in [0, 0.05) is 5.56 Å². The number of rotatable bonds is 2.